The zero-order valence-corrected chi connectivity index (χ0v) is 9.58. The van der Waals surface area contributed by atoms with Crippen molar-refractivity contribution in [1.29, 1.82) is 0 Å². The van der Waals surface area contributed by atoms with Crippen LogP contribution in [-0.4, -0.2) is 32.0 Å². The number of rotatable bonds is 2. The molecule has 0 saturated carbocycles. The Bertz CT molecular complexity index is 708. The third-order valence-corrected chi connectivity index (χ3v) is 2.52. The molecule has 90 valence electrons. The molecule has 0 aliphatic rings. The van der Waals surface area contributed by atoms with Crippen LogP contribution in [0.3, 0.4) is 0 Å². The van der Waals surface area contributed by atoms with Crippen LogP contribution in [0.2, 0.25) is 0 Å². The maximum Gasteiger partial charge on any atom is 0.243 e. The van der Waals surface area contributed by atoms with Crippen LogP contribution >= 0.6 is 0 Å². The topological polar surface area (TPSA) is 103 Å². The maximum absolute atomic E-state index is 5.87. The fourth-order valence-corrected chi connectivity index (χ4v) is 1.70. The highest BCUT2D eigenvalue weighted by Crippen LogP contribution is 2.25. The number of anilines is 1. The summed E-state index contributed by atoms with van der Waals surface area (Å²) in [6.07, 6.45) is 4.85. The third kappa shape index (κ3) is 1.53. The smallest absolute Gasteiger partial charge is 0.243 e. The van der Waals surface area contributed by atoms with E-state index in [0.717, 1.165) is 5.39 Å². The standard InChI is InChI=1S/C11H10N6O/c1-18-11-7(13-4-5-15-11)10-16-8(12)6-2-3-14-9(6)17-10/h2-5H,1H3,(H3,12,14,16,17). The summed E-state index contributed by atoms with van der Waals surface area (Å²) in [5.74, 6) is 1.14. The molecule has 0 atom stereocenters. The van der Waals surface area contributed by atoms with Crippen molar-refractivity contribution in [3.8, 4) is 17.4 Å². The average molecular weight is 242 g/mol. The monoisotopic (exact) mass is 242 g/mol. The summed E-state index contributed by atoms with van der Waals surface area (Å²) < 4.78 is 5.13. The van der Waals surface area contributed by atoms with Gasteiger partial charge in [0.2, 0.25) is 5.88 Å². The molecule has 0 aromatic carbocycles. The van der Waals surface area contributed by atoms with E-state index in [0.29, 0.717) is 28.9 Å². The average Bonchev–Trinajstić information content (AvgIpc) is 2.87. The van der Waals surface area contributed by atoms with Gasteiger partial charge in [-0.05, 0) is 6.07 Å². The van der Waals surface area contributed by atoms with Crippen molar-refractivity contribution in [3.63, 3.8) is 0 Å². The maximum atomic E-state index is 5.87. The quantitative estimate of drug-likeness (QED) is 0.695. The van der Waals surface area contributed by atoms with Gasteiger partial charge in [0, 0.05) is 18.6 Å². The van der Waals surface area contributed by atoms with Crippen LogP contribution in [0, 0.1) is 0 Å². The van der Waals surface area contributed by atoms with Gasteiger partial charge in [-0.2, -0.15) is 0 Å². The summed E-state index contributed by atoms with van der Waals surface area (Å²) in [7, 11) is 1.52. The highest BCUT2D eigenvalue weighted by molar-refractivity contribution is 5.87. The van der Waals surface area contributed by atoms with E-state index in [9.17, 15) is 0 Å². The Morgan fingerprint density at radius 3 is 2.89 bits per heavy atom. The van der Waals surface area contributed by atoms with Crippen molar-refractivity contribution in [1.82, 2.24) is 24.9 Å². The van der Waals surface area contributed by atoms with Crippen LogP contribution in [0.25, 0.3) is 22.6 Å². The first-order chi connectivity index (χ1) is 8.79. The van der Waals surface area contributed by atoms with Gasteiger partial charge in [-0.1, -0.05) is 0 Å². The van der Waals surface area contributed by atoms with Crippen molar-refractivity contribution in [2.75, 3.05) is 12.8 Å². The van der Waals surface area contributed by atoms with Crippen LogP contribution in [0.4, 0.5) is 5.82 Å². The first kappa shape index (κ1) is 10.5. The minimum atomic E-state index is 0.364. The number of aromatic nitrogens is 5. The molecule has 0 unspecified atom stereocenters. The fraction of sp³-hybridized carbons (Fsp3) is 0.0909. The van der Waals surface area contributed by atoms with Gasteiger partial charge < -0.3 is 15.5 Å². The van der Waals surface area contributed by atoms with E-state index >= 15 is 0 Å². The fourth-order valence-electron chi connectivity index (χ4n) is 1.70. The van der Waals surface area contributed by atoms with Gasteiger partial charge >= 0.3 is 0 Å². The second-order valence-electron chi connectivity index (χ2n) is 3.59. The molecule has 0 fully saturated rings. The number of nitrogens with one attached hydrogen (secondary N) is 1. The summed E-state index contributed by atoms with van der Waals surface area (Å²) >= 11 is 0. The largest absolute Gasteiger partial charge is 0.479 e. The Morgan fingerprint density at radius 1 is 1.22 bits per heavy atom. The molecule has 0 amide bonds. The lowest BCUT2D eigenvalue weighted by Crippen LogP contribution is -2.01. The predicted octanol–water partition coefficient (Wildman–Crippen LogP) is 1.01. The third-order valence-electron chi connectivity index (χ3n) is 2.52. The minimum absolute atomic E-state index is 0.364. The van der Waals surface area contributed by atoms with Crippen LogP contribution in [0.1, 0.15) is 0 Å². The van der Waals surface area contributed by atoms with Gasteiger partial charge in [0.05, 0.1) is 12.5 Å². The van der Waals surface area contributed by atoms with Crippen LogP contribution < -0.4 is 10.5 Å². The summed E-state index contributed by atoms with van der Waals surface area (Å²) in [5.41, 5.74) is 6.99. The molecule has 0 saturated heterocycles. The Labute approximate surface area is 102 Å². The SMILES string of the molecule is COc1nccnc1-c1nc(N)c2cc[nH]c2n1. The van der Waals surface area contributed by atoms with Gasteiger partial charge in [0.15, 0.2) is 11.5 Å². The molecule has 0 aliphatic heterocycles. The van der Waals surface area contributed by atoms with E-state index < -0.39 is 0 Å². The molecule has 7 heteroatoms. The van der Waals surface area contributed by atoms with Crippen molar-refractivity contribution in [2.45, 2.75) is 0 Å². The van der Waals surface area contributed by atoms with Crippen molar-refractivity contribution in [2.24, 2.45) is 0 Å². The van der Waals surface area contributed by atoms with Gasteiger partial charge in [-0.15, -0.1) is 0 Å². The summed E-state index contributed by atoms with van der Waals surface area (Å²) in [6, 6.07) is 1.82. The molecule has 3 rings (SSSR count). The number of fused-ring (bicyclic) bond motifs is 1. The number of nitrogen functional groups attached to an aromatic ring is 1. The molecule has 3 aromatic rings. The Balaban J connectivity index is 2.25. The molecule has 0 bridgehead atoms. The van der Waals surface area contributed by atoms with Crippen molar-refractivity contribution >= 4 is 16.9 Å². The van der Waals surface area contributed by atoms with E-state index in [-0.39, 0.29) is 0 Å². The van der Waals surface area contributed by atoms with Crippen LogP contribution in [0.5, 0.6) is 5.88 Å². The number of aromatic amines is 1. The van der Waals surface area contributed by atoms with Crippen molar-refractivity contribution in [3.05, 3.63) is 24.7 Å². The van der Waals surface area contributed by atoms with Gasteiger partial charge in [0.25, 0.3) is 0 Å². The van der Waals surface area contributed by atoms with E-state index in [1.807, 2.05) is 6.07 Å². The molecular formula is C11H10N6O. The summed E-state index contributed by atoms with van der Waals surface area (Å²) in [4.78, 5) is 19.8. The number of nitrogens with zero attached hydrogens (tertiary/aromatic N) is 4. The van der Waals surface area contributed by atoms with Crippen molar-refractivity contribution < 1.29 is 4.74 Å². The Hall–Kier alpha value is -2.70. The van der Waals surface area contributed by atoms with Crippen LogP contribution in [-0.2, 0) is 0 Å². The molecule has 3 N–H and O–H groups in total. The van der Waals surface area contributed by atoms with E-state index in [4.69, 9.17) is 10.5 Å². The first-order valence-electron chi connectivity index (χ1n) is 5.25. The van der Waals surface area contributed by atoms with Gasteiger partial charge in [-0.25, -0.2) is 19.9 Å². The van der Waals surface area contributed by atoms with E-state index in [1.54, 1.807) is 18.6 Å². The summed E-state index contributed by atoms with van der Waals surface area (Å²) in [5, 5.41) is 0.779. The molecule has 0 spiro atoms. The number of H-pyrrole nitrogens is 1. The molecule has 18 heavy (non-hydrogen) atoms. The van der Waals surface area contributed by atoms with E-state index in [1.165, 1.54) is 7.11 Å². The van der Waals surface area contributed by atoms with Crippen LogP contribution in [0.15, 0.2) is 24.7 Å². The second-order valence-corrected chi connectivity index (χ2v) is 3.59. The predicted molar refractivity (Wildman–Crippen MR) is 65.9 cm³/mol. The summed E-state index contributed by atoms with van der Waals surface area (Å²) in [6.45, 7) is 0. The number of nitrogens with two attached hydrogens (primary N) is 1. The zero-order chi connectivity index (χ0) is 12.5. The van der Waals surface area contributed by atoms with E-state index in [2.05, 4.69) is 24.9 Å². The Kier molecular flexibility index (Phi) is 2.30. The van der Waals surface area contributed by atoms with Gasteiger partial charge in [0.1, 0.15) is 11.5 Å². The highest BCUT2D eigenvalue weighted by Gasteiger charge is 2.14. The lowest BCUT2D eigenvalue weighted by atomic mass is 10.3. The zero-order valence-electron chi connectivity index (χ0n) is 9.58. The number of methoxy groups -OCH3 is 1. The number of ether oxygens (including phenoxy) is 1. The molecular weight excluding hydrogens is 232 g/mol. The molecule has 7 nitrogen and oxygen atoms in total. The normalized spacial score (nSPS) is 10.7. The minimum Gasteiger partial charge on any atom is -0.479 e. The lowest BCUT2D eigenvalue weighted by Gasteiger charge is -2.05. The molecule has 3 heterocycles. The first-order valence-corrected chi connectivity index (χ1v) is 5.25. The molecule has 3 aromatic heterocycles. The lowest BCUT2D eigenvalue weighted by molar-refractivity contribution is 0.397. The molecule has 0 radical (unpaired) electrons. The second kappa shape index (κ2) is 3.95. The Morgan fingerprint density at radius 2 is 2.06 bits per heavy atom. The number of hydrogen-bond donors (Lipinski definition) is 2. The highest BCUT2D eigenvalue weighted by atomic mass is 16.5. The molecule has 0 aliphatic carbocycles. The number of hydrogen-bond acceptors (Lipinski definition) is 6. The van der Waals surface area contributed by atoms with Gasteiger partial charge in [-0.3, -0.25) is 0 Å².